The topological polar surface area (TPSA) is 20.2 Å². The Bertz CT molecular complexity index is 535. The SMILES string of the molecule is OCc1ccc(CCc2ccc(C3CCC3)cc2)cc1. The van der Waals surface area contributed by atoms with Crippen molar-refractivity contribution in [1.29, 1.82) is 0 Å². The standard InChI is InChI=1S/C19H22O/c20-14-17-8-6-15(7-9-17)4-5-16-10-12-19(13-11-16)18-2-1-3-18/h6-13,18,20H,1-5,14H2. The van der Waals surface area contributed by atoms with Crippen molar-refractivity contribution in [3.63, 3.8) is 0 Å². The maximum absolute atomic E-state index is 9.03. The molecule has 0 atom stereocenters. The van der Waals surface area contributed by atoms with Gasteiger partial charge in [-0.1, -0.05) is 55.0 Å². The summed E-state index contributed by atoms with van der Waals surface area (Å²) in [6.45, 7) is 0.128. The summed E-state index contributed by atoms with van der Waals surface area (Å²) >= 11 is 0. The van der Waals surface area contributed by atoms with Gasteiger partial charge in [0.1, 0.15) is 0 Å². The van der Waals surface area contributed by atoms with Gasteiger partial charge in [-0.05, 0) is 53.9 Å². The van der Waals surface area contributed by atoms with Gasteiger partial charge in [-0.2, -0.15) is 0 Å². The molecule has 3 rings (SSSR count). The van der Waals surface area contributed by atoms with Crippen LogP contribution in [0.2, 0.25) is 0 Å². The van der Waals surface area contributed by atoms with Crippen LogP contribution < -0.4 is 0 Å². The van der Waals surface area contributed by atoms with Crippen molar-refractivity contribution in [3.05, 3.63) is 70.8 Å². The van der Waals surface area contributed by atoms with Crippen LogP contribution in [0.1, 0.15) is 47.4 Å². The molecule has 0 radical (unpaired) electrons. The van der Waals surface area contributed by atoms with Crippen LogP contribution in [0, 0.1) is 0 Å². The summed E-state index contributed by atoms with van der Waals surface area (Å²) < 4.78 is 0. The van der Waals surface area contributed by atoms with Crippen LogP contribution in [0.5, 0.6) is 0 Å². The molecule has 1 heteroatoms. The van der Waals surface area contributed by atoms with Crippen LogP contribution in [0.25, 0.3) is 0 Å². The monoisotopic (exact) mass is 266 g/mol. The van der Waals surface area contributed by atoms with Crippen LogP contribution in [0.4, 0.5) is 0 Å². The number of rotatable bonds is 5. The second-order valence-corrected chi connectivity index (χ2v) is 5.84. The lowest BCUT2D eigenvalue weighted by molar-refractivity contribution is 0.282. The van der Waals surface area contributed by atoms with Gasteiger partial charge in [-0.15, -0.1) is 0 Å². The van der Waals surface area contributed by atoms with Crippen molar-refractivity contribution >= 4 is 0 Å². The van der Waals surface area contributed by atoms with Gasteiger partial charge in [0, 0.05) is 0 Å². The fourth-order valence-corrected chi connectivity index (χ4v) is 2.80. The molecule has 0 unspecified atom stereocenters. The minimum absolute atomic E-state index is 0.128. The predicted octanol–water partition coefficient (Wildman–Crippen LogP) is 4.23. The van der Waals surface area contributed by atoms with E-state index in [1.165, 1.54) is 36.0 Å². The number of aryl methyl sites for hydroxylation is 2. The Kier molecular flexibility index (Phi) is 4.17. The molecule has 1 aliphatic rings. The molecule has 20 heavy (non-hydrogen) atoms. The Balaban J connectivity index is 1.56. The van der Waals surface area contributed by atoms with Crippen molar-refractivity contribution in [3.8, 4) is 0 Å². The Morgan fingerprint density at radius 1 is 0.750 bits per heavy atom. The van der Waals surface area contributed by atoms with Gasteiger partial charge in [-0.3, -0.25) is 0 Å². The minimum Gasteiger partial charge on any atom is -0.392 e. The quantitative estimate of drug-likeness (QED) is 0.858. The third kappa shape index (κ3) is 3.10. The van der Waals surface area contributed by atoms with E-state index in [4.69, 9.17) is 5.11 Å². The molecule has 0 bridgehead atoms. The number of aliphatic hydroxyl groups excluding tert-OH is 1. The molecule has 104 valence electrons. The van der Waals surface area contributed by atoms with Gasteiger partial charge in [0.15, 0.2) is 0 Å². The molecular weight excluding hydrogens is 244 g/mol. The van der Waals surface area contributed by atoms with Crippen LogP contribution in [-0.4, -0.2) is 5.11 Å². The lowest BCUT2D eigenvalue weighted by Crippen LogP contribution is -2.08. The molecule has 1 fully saturated rings. The highest BCUT2D eigenvalue weighted by Gasteiger charge is 2.18. The summed E-state index contributed by atoms with van der Waals surface area (Å²) in [4.78, 5) is 0. The van der Waals surface area contributed by atoms with Gasteiger partial charge in [-0.25, -0.2) is 0 Å². The number of hydrogen-bond acceptors (Lipinski definition) is 1. The predicted molar refractivity (Wildman–Crippen MR) is 82.8 cm³/mol. The highest BCUT2D eigenvalue weighted by molar-refractivity contribution is 5.28. The zero-order valence-electron chi connectivity index (χ0n) is 11.9. The molecule has 0 aromatic heterocycles. The van der Waals surface area contributed by atoms with Gasteiger partial charge < -0.3 is 5.11 Å². The minimum atomic E-state index is 0.128. The van der Waals surface area contributed by atoms with Crippen molar-refractivity contribution in [2.24, 2.45) is 0 Å². The normalized spacial score (nSPS) is 15.1. The summed E-state index contributed by atoms with van der Waals surface area (Å²) in [5, 5.41) is 9.03. The van der Waals surface area contributed by atoms with Crippen molar-refractivity contribution in [1.82, 2.24) is 0 Å². The fraction of sp³-hybridized carbons (Fsp3) is 0.368. The summed E-state index contributed by atoms with van der Waals surface area (Å²) in [6.07, 6.45) is 6.29. The summed E-state index contributed by atoms with van der Waals surface area (Å²) in [6, 6.07) is 17.5. The third-order valence-corrected chi connectivity index (χ3v) is 4.46. The number of benzene rings is 2. The van der Waals surface area contributed by atoms with Gasteiger partial charge in [0.05, 0.1) is 6.61 Å². The van der Waals surface area contributed by atoms with Gasteiger partial charge in [0.25, 0.3) is 0 Å². The molecule has 0 heterocycles. The van der Waals surface area contributed by atoms with E-state index in [1.54, 1.807) is 0 Å². The maximum atomic E-state index is 9.03. The maximum Gasteiger partial charge on any atom is 0.0681 e. The molecule has 0 amide bonds. The molecule has 1 nitrogen and oxygen atoms in total. The molecule has 1 aliphatic carbocycles. The smallest absolute Gasteiger partial charge is 0.0681 e. The molecule has 0 spiro atoms. The third-order valence-electron chi connectivity index (χ3n) is 4.46. The first-order valence-corrected chi connectivity index (χ1v) is 7.62. The molecule has 2 aromatic carbocycles. The molecule has 1 N–H and O–H groups in total. The average molecular weight is 266 g/mol. The second-order valence-electron chi connectivity index (χ2n) is 5.84. The van der Waals surface area contributed by atoms with E-state index in [0.717, 1.165) is 24.3 Å². The Labute approximate surface area is 121 Å². The van der Waals surface area contributed by atoms with E-state index >= 15 is 0 Å². The first-order chi connectivity index (χ1) is 9.85. The van der Waals surface area contributed by atoms with Crippen LogP contribution >= 0.6 is 0 Å². The van der Waals surface area contributed by atoms with E-state index in [2.05, 4.69) is 36.4 Å². The molecule has 0 saturated heterocycles. The van der Waals surface area contributed by atoms with E-state index in [-0.39, 0.29) is 6.61 Å². The van der Waals surface area contributed by atoms with E-state index < -0.39 is 0 Å². The van der Waals surface area contributed by atoms with Crippen molar-refractivity contribution in [2.45, 2.75) is 44.6 Å². The van der Waals surface area contributed by atoms with E-state index in [0.29, 0.717) is 0 Å². The summed E-state index contributed by atoms with van der Waals surface area (Å²) in [5.74, 6) is 0.829. The van der Waals surface area contributed by atoms with Crippen molar-refractivity contribution < 1.29 is 5.11 Å². The Hall–Kier alpha value is -1.60. The lowest BCUT2D eigenvalue weighted by atomic mass is 9.80. The van der Waals surface area contributed by atoms with E-state index in [1.807, 2.05) is 12.1 Å². The van der Waals surface area contributed by atoms with E-state index in [9.17, 15) is 0 Å². The van der Waals surface area contributed by atoms with Crippen LogP contribution in [-0.2, 0) is 19.4 Å². The number of aliphatic hydroxyl groups is 1. The summed E-state index contributed by atoms with van der Waals surface area (Å²) in [5.41, 5.74) is 5.26. The van der Waals surface area contributed by atoms with Gasteiger partial charge in [0.2, 0.25) is 0 Å². The largest absolute Gasteiger partial charge is 0.392 e. The van der Waals surface area contributed by atoms with Crippen LogP contribution in [0.3, 0.4) is 0 Å². The second kappa shape index (κ2) is 6.23. The first-order valence-electron chi connectivity index (χ1n) is 7.62. The highest BCUT2D eigenvalue weighted by Crippen LogP contribution is 2.36. The Morgan fingerprint density at radius 2 is 1.25 bits per heavy atom. The molecule has 2 aromatic rings. The average Bonchev–Trinajstić information content (AvgIpc) is 2.45. The lowest BCUT2D eigenvalue weighted by Gasteiger charge is -2.25. The first kappa shape index (κ1) is 13.4. The zero-order chi connectivity index (χ0) is 13.8. The highest BCUT2D eigenvalue weighted by atomic mass is 16.3. The molecular formula is C19H22O. The van der Waals surface area contributed by atoms with Crippen molar-refractivity contribution in [2.75, 3.05) is 0 Å². The Morgan fingerprint density at radius 3 is 1.70 bits per heavy atom. The number of hydrogen-bond donors (Lipinski definition) is 1. The zero-order valence-corrected chi connectivity index (χ0v) is 11.9. The molecule has 1 saturated carbocycles. The summed E-state index contributed by atoms with van der Waals surface area (Å²) in [7, 11) is 0. The fourth-order valence-electron chi connectivity index (χ4n) is 2.80. The molecule has 0 aliphatic heterocycles. The van der Waals surface area contributed by atoms with Crippen LogP contribution in [0.15, 0.2) is 48.5 Å². The van der Waals surface area contributed by atoms with Gasteiger partial charge >= 0.3 is 0 Å².